The molecular weight excluding hydrogens is 264 g/mol. The van der Waals surface area contributed by atoms with Crippen molar-refractivity contribution in [3.63, 3.8) is 0 Å². The molecule has 1 aliphatic rings. The van der Waals surface area contributed by atoms with Gasteiger partial charge in [-0.15, -0.1) is 0 Å². The summed E-state index contributed by atoms with van der Waals surface area (Å²) >= 11 is 0. The van der Waals surface area contributed by atoms with Gasteiger partial charge in [0.15, 0.2) is 0 Å². The van der Waals surface area contributed by atoms with Crippen LogP contribution in [0.1, 0.15) is 12.0 Å². The van der Waals surface area contributed by atoms with E-state index in [1.807, 2.05) is 0 Å². The van der Waals surface area contributed by atoms with Crippen LogP contribution in [0.15, 0.2) is 18.2 Å². The Bertz CT molecular complexity index is 513. The van der Waals surface area contributed by atoms with Crippen molar-refractivity contribution in [2.45, 2.75) is 18.9 Å². The highest BCUT2D eigenvalue weighted by Gasteiger charge is 2.20. The lowest BCUT2D eigenvalue weighted by molar-refractivity contribution is -0.384. The van der Waals surface area contributed by atoms with Crippen molar-refractivity contribution in [2.24, 2.45) is 0 Å². The summed E-state index contributed by atoms with van der Waals surface area (Å²) in [6, 6.07) is 4.55. The van der Waals surface area contributed by atoms with Crippen molar-refractivity contribution in [3.8, 4) is 0 Å². The van der Waals surface area contributed by atoms with Crippen molar-refractivity contribution in [1.82, 2.24) is 0 Å². The molecule has 1 N–H and O–H groups in total. The van der Waals surface area contributed by atoms with Crippen LogP contribution in [0.25, 0.3) is 0 Å². The van der Waals surface area contributed by atoms with Gasteiger partial charge < -0.3 is 14.8 Å². The van der Waals surface area contributed by atoms with Crippen LogP contribution in [0.4, 0.5) is 11.4 Å². The molecular formula is C13H16N2O5. The van der Waals surface area contributed by atoms with Crippen molar-refractivity contribution in [1.29, 1.82) is 0 Å². The van der Waals surface area contributed by atoms with Gasteiger partial charge in [-0.3, -0.25) is 14.9 Å². The first-order valence-electron chi connectivity index (χ1n) is 6.29. The Balaban J connectivity index is 2.12. The molecule has 108 valence electrons. The van der Waals surface area contributed by atoms with Gasteiger partial charge in [-0.05, 0) is 18.1 Å². The molecule has 1 heterocycles. The van der Waals surface area contributed by atoms with Crippen LogP contribution in [0.3, 0.4) is 0 Å². The zero-order valence-electron chi connectivity index (χ0n) is 11.1. The summed E-state index contributed by atoms with van der Waals surface area (Å²) < 4.78 is 9.84. The minimum atomic E-state index is -0.452. The van der Waals surface area contributed by atoms with E-state index in [4.69, 9.17) is 4.74 Å². The number of rotatable bonds is 6. The number of hydrogen-bond acceptors (Lipinski definition) is 6. The second-order valence-corrected chi connectivity index (χ2v) is 4.52. The molecule has 7 nitrogen and oxygen atoms in total. The van der Waals surface area contributed by atoms with Gasteiger partial charge in [-0.2, -0.15) is 0 Å². The summed E-state index contributed by atoms with van der Waals surface area (Å²) in [5, 5.41) is 14.0. The third kappa shape index (κ3) is 3.45. The highest BCUT2D eigenvalue weighted by Crippen LogP contribution is 2.26. The Labute approximate surface area is 116 Å². The maximum atomic E-state index is 11.2. The molecule has 1 aliphatic heterocycles. The van der Waals surface area contributed by atoms with Gasteiger partial charge in [0, 0.05) is 19.2 Å². The monoisotopic (exact) mass is 280 g/mol. The summed E-state index contributed by atoms with van der Waals surface area (Å²) in [4.78, 5) is 21.8. The average Bonchev–Trinajstić information content (AvgIpc) is 2.36. The lowest BCUT2D eigenvalue weighted by Gasteiger charge is -2.26. The maximum Gasteiger partial charge on any atom is 0.309 e. The molecule has 20 heavy (non-hydrogen) atoms. The van der Waals surface area contributed by atoms with E-state index >= 15 is 0 Å². The number of nitrogens with zero attached hydrogens (tertiary/aromatic N) is 1. The second-order valence-electron chi connectivity index (χ2n) is 4.52. The number of hydrogen-bond donors (Lipinski definition) is 1. The number of nitro benzene ring substituents is 1. The molecule has 1 atom stereocenters. The van der Waals surface area contributed by atoms with Crippen molar-refractivity contribution in [2.75, 3.05) is 25.6 Å². The highest BCUT2D eigenvalue weighted by atomic mass is 16.6. The second kappa shape index (κ2) is 6.33. The molecule has 0 saturated carbocycles. The molecule has 0 unspecified atom stereocenters. The van der Waals surface area contributed by atoms with Crippen molar-refractivity contribution >= 4 is 17.3 Å². The minimum Gasteiger partial charge on any atom is -0.469 e. The van der Waals surface area contributed by atoms with E-state index in [0.717, 1.165) is 13.0 Å². The van der Waals surface area contributed by atoms with Crippen molar-refractivity contribution in [3.05, 3.63) is 33.9 Å². The zero-order valence-corrected chi connectivity index (χ0v) is 11.1. The third-order valence-electron chi connectivity index (χ3n) is 3.15. The van der Waals surface area contributed by atoms with Crippen LogP contribution in [-0.2, 0) is 20.7 Å². The molecule has 2 rings (SSSR count). The van der Waals surface area contributed by atoms with E-state index in [2.05, 4.69) is 10.1 Å². The van der Waals surface area contributed by atoms with Crippen LogP contribution in [0, 0.1) is 10.1 Å². The number of ether oxygens (including phenoxy) is 2. The number of carbonyl (C=O) groups excluding carboxylic acids is 1. The summed E-state index contributed by atoms with van der Waals surface area (Å²) in [7, 11) is 1.31. The van der Waals surface area contributed by atoms with Gasteiger partial charge in [-0.1, -0.05) is 6.07 Å². The summed E-state index contributed by atoms with van der Waals surface area (Å²) in [5.74, 6) is -0.382. The minimum absolute atomic E-state index is 0.0158. The van der Waals surface area contributed by atoms with E-state index in [1.165, 1.54) is 13.2 Å². The van der Waals surface area contributed by atoms with Crippen LogP contribution in [0.5, 0.6) is 0 Å². The van der Waals surface area contributed by atoms with E-state index in [9.17, 15) is 14.9 Å². The Kier molecular flexibility index (Phi) is 4.52. The fourth-order valence-electron chi connectivity index (χ4n) is 1.90. The smallest absolute Gasteiger partial charge is 0.309 e. The molecule has 0 aromatic heterocycles. The molecule has 7 heteroatoms. The maximum absolute atomic E-state index is 11.2. The standard InChI is InChI=1S/C13H16N2O5/c1-19-13(16)7-9-2-3-12(15(17)18)11(6-9)14-8-10-4-5-20-10/h2-3,6,10,14H,4-5,7-8H2,1H3/t10-/m0/s1. The number of methoxy groups -OCH3 is 1. The Morgan fingerprint density at radius 1 is 1.60 bits per heavy atom. The first kappa shape index (κ1) is 14.3. The van der Waals surface area contributed by atoms with Crippen LogP contribution in [-0.4, -0.2) is 37.3 Å². The zero-order chi connectivity index (χ0) is 14.5. The normalized spacial score (nSPS) is 17.1. The first-order chi connectivity index (χ1) is 9.60. The van der Waals surface area contributed by atoms with E-state index in [-0.39, 0.29) is 24.2 Å². The fourth-order valence-corrected chi connectivity index (χ4v) is 1.90. The largest absolute Gasteiger partial charge is 0.469 e. The lowest BCUT2D eigenvalue weighted by atomic mass is 10.1. The van der Waals surface area contributed by atoms with Gasteiger partial charge in [0.1, 0.15) is 5.69 Å². The predicted molar refractivity (Wildman–Crippen MR) is 71.7 cm³/mol. The fraction of sp³-hybridized carbons (Fsp3) is 0.462. The van der Waals surface area contributed by atoms with Crippen LogP contribution in [0.2, 0.25) is 0 Å². The number of esters is 1. The Hall–Kier alpha value is -2.15. The van der Waals surface area contributed by atoms with Crippen LogP contribution < -0.4 is 5.32 Å². The number of nitro groups is 1. The third-order valence-corrected chi connectivity index (χ3v) is 3.15. The SMILES string of the molecule is COC(=O)Cc1ccc([N+](=O)[O-])c(NC[C@@H]2CCO2)c1. The average molecular weight is 280 g/mol. The number of anilines is 1. The molecule has 0 radical (unpaired) electrons. The molecule has 1 saturated heterocycles. The van der Waals surface area contributed by atoms with Gasteiger partial charge in [0.25, 0.3) is 5.69 Å². The van der Waals surface area contributed by atoms with Gasteiger partial charge in [0.05, 0.1) is 24.6 Å². The number of carbonyl (C=O) groups is 1. The van der Waals surface area contributed by atoms with Crippen molar-refractivity contribution < 1.29 is 19.2 Å². The molecule has 0 bridgehead atoms. The Morgan fingerprint density at radius 2 is 2.35 bits per heavy atom. The highest BCUT2D eigenvalue weighted by molar-refractivity contribution is 5.74. The number of benzene rings is 1. The summed E-state index contributed by atoms with van der Waals surface area (Å²) in [6.07, 6.45) is 1.13. The molecule has 0 amide bonds. The number of nitrogens with one attached hydrogen (secondary N) is 1. The molecule has 0 aliphatic carbocycles. The summed E-state index contributed by atoms with van der Waals surface area (Å²) in [5.41, 5.74) is 1.05. The topological polar surface area (TPSA) is 90.7 Å². The van der Waals surface area contributed by atoms with E-state index in [1.54, 1.807) is 12.1 Å². The van der Waals surface area contributed by atoms with Gasteiger partial charge >= 0.3 is 5.97 Å². The first-order valence-corrected chi connectivity index (χ1v) is 6.29. The molecule has 1 fully saturated rings. The Morgan fingerprint density at radius 3 is 2.90 bits per heavy atom. The van der Waals surface area contributed by atoms with Gasteiger partial charge in [0.2, 0.25) is 0 Å². The predicted octanol–water partition coefficient (Wildman–Crippen LogP) is 1.51. The quantitative estimate of drug-likeness (QED) is 0.482. The molecule has 1 aromatic carbocycles. The van der Waals surface area contributed by atoms with Crippen LogP contribution >= 0.6 is 0 Å². The van der Waals surface area contributed by atoms with Gasteiger partial charge in [-0.25, -0.2) is 0 Å². The van der Waals surface area contributed by atoms with E-state index < -0.39 is 4.92 Å². The molecule has 0 spiro atoms. The molecule has 1 aromatic rings. The summed E-state index contributed by atoms with van der Waals surface area (Å²) in [6.45, 7) is 1.25. The van der Waals surface area contributed by atoms with E-state index in [0.29, 0.717) is 17.8 Å². The lowest BCUT2D eigenvalue weighted by Crippen LogP contribution is -2.33.